The molecule has 0 aliphatic heterocycles. The molecule has 0 bridgehead atoms. The summed E-state index contributed by atoms with van der Waals surface area (Å²) in [5.41, 5.74) is -0.273. The van der Waals surface area contributed by atoms with E-state index in [4.69, 9.17) is 18.9 Å². The van der Waals surface area contributed by atoms with Crippen molar-refractivity contribution in [3.05, 3.63) is 52.7 Å². The maximum Gasteiger partial charge on any atom is 0.412 e. The monoisotopic (exact) mass is 389 g/mol. The number of carbonyl (C=O) groups is 4. The van der Waals surface area contributed by atoms with E-state index in [1.165, 1.54) is 19.3 Å². The Balaban J connectivity index is 2.54. The summed E-state index contributed by atoms with van der Waals surface area (Å²) in [5, 5.41) is 2.22. The summed E-state index contributed by atoms with van der Waals surface area (Å²) in [6.07, 6.45) is 1.35. The van der Waals surface area contributed by atoms with Gasteiger partial charge in [-0.25, -0.2) is 9.59 Å². The number of esters is 1. The van der Waals surface area contributed by atoms with Crippen molar-refractivity contribution in [2.75, 3.05) is 27.6 Å². The second-order valence-electron chi connectivity index (χ2n) is 5.63. The topological polar surface area (TPSA) is 117 Å². The second-order valence-corrected chi connectivity index (χ2v) is 5.63. The van der Waals surface area contributed by atoms with Crippen LogP contribution in [-0.2, 0) is 14.2 Å². The standard InChI is InChI=1S/C19H19NO8/c1-5-6-27-19(24)20-12-8-13(21)14-11(16(12)22)7-10(2)17(28-9-25-3)15(14)18(23)26-4/h5,7-8H,1,6,9H2,2-4H3,(H,20,24). The zero-order chi connectivity index (χ0) is 20.8. The Kier molecular flexibility index (Phi) is 6.67. The minimum atomic E-state index is -0.916. The molecule has 1 aromatic rings. The zero-order valence-electron chi connectivity index (χ0n) is 15.6. The molecule has 9 heteroatoms. The summed E-state index contributed by atoms with van der Waals surface area (Å²) in [6.45, 7) is 4.76. The lowest BCUT2D eigenvalue weighted by Crippen LogP contribution is -2.33. The van der Waals surface area contributed by atoms with E-state index in [1.807, 2.05) is 0 Å². The molecule has 1 aliphatic rings. The van der Waals surface area contributed by atoms with Gasteiger partial charge in [-0.2, -0.15) is 0 Å². The summed E-state index contributed by atoms with van der Waals surface area (Å²) in [6, 6.07) is 1.40. The first-order valence-electron chi connectivity index (χ1n) is 8.08. The Labute approximate surface area is 160 Å². The third kappa shape index (κ3) is 4.09. The highest BCUT2D eigenvalue weighted by molar-refractivity contribution is 6.28. The van der Waals surface area contributed by atoms with E-state index in [0.29, 0.717) is 5.56 Å². The van der Waals surface area contributed by atoms with Crippen LogP contribution in [-0.4, -0.2) is 51.2 Å². The molecule has 2 rings (SSSR count). The second kappa shape index (κ2) is 8.96. The van der Waals surface area contributed by atoms with E-state index >= 15 is 0 Å². The van der Waals surface area contributed by atoms with E-state index in [-0.39, 0.29) is 41.5 Å². The van der Waals surface area contributed by atoms with Crippen molar-refractivity contribution in [2.24, 2.45) is 0 Å². The van der Waals surface area contributed by atoms with E-state index < -0.39 is 23.6 Å². The molecule has 148 valence electrons. The van der Waals surface area contributed by atoms with Gasteiger partial charge < -0.3 is 18.9 Å². The van der Waals surface area contributed by atoms with Crippen molar-refractivity contribution in [3.8, 4) is 5.75 Å². The lowest BCUT2D eigenvalue weighted by molar-refractivity contribution is 0.0458. The fourth-order valence-electron chi connectivity index (χ4n) is 2.62. The molecule has 1 amide bonds. The Morgan fingerprint density at radius 2 is 1.96 bits per heavy atom. The molecule has 1 aromatic carbocycles. The number of hydrogen-bond donors (Lipinski definition) is 1. The molecular formula is C19H19NO8. The first-order valence-corrected chi connectivity index (χ1v) is 8.08. The number of methoxy groups -OCH3 is 2. The Bertz CT molecular complexity index is 884. The van der Waals surface area contributed by atoms with Gasteiger partial charge in [-0.1, -0.05) is 12.7 Å². The Morgan fingerprint density at radius 1 is 1.25 bits per heavy atom. The highest BCUT2D eigenvalue weighted by atomic mass is 16.7. The first-order chi connectivity index (χ1) is 13.3. The fourth-order valence-corrected chi connectivity index (χ4v) is 2.62. The van der Waals surface area contributed by atoms with Gasteiger partial charge >= 0.3 is 12.1 Å². The van der Waals surface area contributed by atoms with Crippen LogP contribution >= 0.6 is 0 Å². The molecule has 1 aliphatic carbocycles. The third-order valence-corrected chi connectivity index (χ3v) is 3.76. The van der Waals surface area contributed by atoms with Crippen molar-refractivity contribution in [1.29, 1.82) is 0 Å². The van der Waals surface area contributed by atoms with Crippen LogP contribution in [0.4, 0.5) is 4.79 Å². The average Bonchev–Trinajstić information content (AvgIpc) is 2.67. The normalized spacial score (nSPS) is 12.6. The Morgan fingerprint density at radius 3 is 2.57 bits per heavy atom. The number of carbonyl (C=O) groups excluding carboxylic acids is 4. The number of alkyl carbamates (subject to hydrolysis) is 1. The number of amides is 1. The molecule has 0 spiro atoms. The molecule has 0 radical (unpaired) electrons. The summed E-state index contributed by atoms with van der Waals surface area (Å²) in [7, 11) is 2.54. The highest BCUT2D eigenvalue weighted by Gasteiger charge is 2.34. The largest absolute Gasteiger partial charge is 0.466 e. The Hall–Kier alpha value is -3.46. The SMILES string of the molecule is C=CCOC(=O)NC1=CC(=O)c2c(cc(C)c(OCOC)c2C(=O)OC)C1=O. The van der Waals surface area contributed by atoms with Crippen molar-refractivity contribution >= 4 is 23.6 Å². The van der Waals surface area contributed by atoms with Gasteiger partial charge in [0.2, 0.25) is 5.78 Å². The van der Waals surface area contributed by atoms with Crippen LogP contribution < -0.4 is 10.1 Å². The third-order valence-electron chi connectivity index (χ3n) is 3.76. The minimum Gasteiger partial charge on any atom is -0.466 e. The van der Waals surface area contributed by atoms with E-state index in [2.05, 4.69) is 11.9 Å². The molecule has 0 fully saturated rings. The number of ether oxygens (including phenoxy) is 4. The number of hydrogen-bond acceptors (Lipinski definition) is 8. The minimum absolute atomic E-state index is 0.0609. The van der Waals surface area contributed by atoms with Crippen LogP contribution in [0.3, 0.4) is 0 Å². The van der Waals surface area contributed by atoms with Crippen LogP contribution in [0.2, 0.25) is 0 Å². The number of rotatable bonds is 7. The number of aryl methyl sites for hydroxylation is 1. The number of ketones is 2. The van der Waals surface area contributed by atoms with Crippen molar-refractivity contribution in [2.45, 2.75) is 6.92 Å². The van der Waals surface area contributed by atoms with Gasteiger partial charge in [0.25, 0.3) is 0 Å². The molecule has 0 heterocycles. The van der Waals surface area contributed by atoms with Crippen LogP contribution in [0.15, 0.2) is 30.5 Å². The smallest absolute Gasteiger partial charge is 0.412 e. The van der Waals surface area contributed by atoms with Gasteiger partial charge in [0.15, 0.2) is 12.6 Å². The molecule has 0 unspecified atom stereocenters. The quantitative estimate of drug-likeness (QED) is 0.427. The van der Waals surface area contributed by atoms with E-state index in [0.717, 1.165) is 13.2 Å². The molecule has 28 heavy (non-hydrogen) atoms. The summed E-state index contributed by atoms with van der Waals surface area (Å²) in [5.74, 6) is -2.10. The van der Waals surface area contributed by atoms with Gasteiger partial charge in [-0.05, 0) is 18.6 Å². The summed E-state index contributed by atoms with van der Waals surface area (Å²) >= 11 is 0. The van der Waals surface area contributed by atoms with Crippen LogP contribution in [0.1, 0.15) is 36.6 Å². The summed E-state index contributed by atoms with van der Waals surface area (Å²) < 4.78 is 19.8. The maximum absolute atomic E-state index is 12.8. The number of Topliss-reactive ketones (excluding diaryl/α,β-unsaturated/α-hetero) is 1. The molecule has 1 N–H and O–H groups in total. The number of nitrogens with one attached hydrogen (secondary N) is 1. The predicted octanol–water partition coefficient (Wildman–Crippen LogP) is 1.94. The molecule has 0 saturated carbocycles. The van der Waals surface area contributed by atoms with Gasteiger partial charge in [-0.3, -0.25) is 14.9 Å². The van der Waals surface area contributed by atoms with Crippen LogP contribution in [0.25, 0.3) is 0 Å². The van der Waals surface area contributed by atoms with Crippen molar-refractivity contribution in [3.63, 3.8) is 0 Å². The molecule has 9 nitrogen and oxygen atoms in total. The lowest BCUT2D eigenvalue weighted by Gasteiger charge is -2.21. The van der Waals surface area contributed by atoms with Gasteiger partial charge in [0.05, 0.1) is 18.4 Å². The maximum atomic E-state index is 12.8. The highest BCUT2D eigenvalue weighted by Crippen LogP contribution is 2.34. The van der Waals surface area contributed by atoms with Crippen molar-refractivity contribution < 1.29 is 38.1 Å². The van der Waals surface area contributed by atoms with Gasteiger partial charge in [-0.15, -0.1) is 0 Å². The van der Waals surface area contributed by atoms with Crippen molar-refractivity contribution in [1.82, 2.24) is 5.32 Å². The fraction of sp³-hybridized carbons (Fsp3) is 0.263. The zero-order valence-corrected chi connectivity index (χ0v) is 15.6. The molecular weight excluding hydrogens is 370 g/mol. The summed E-state index contributed by atoms with van der Waals surface area (Å²) in [4.78, 5) is 49.5. The van der Waals surface area contributed by atoms with Crippen LogP contribution in [0.5, 0.6) is 5.75 Å². The molecule has 0 saturated heterocycles. The van der Waals surface area contributed by atoms with Gasteiger partial charge in [0.1, 0.15) is 17.9 Å². The first kappa shape index (κ1) is 20.8. The number of allylic oxidation sites excluding steroid dienone is 2. The average molecular weight is 389 g/mol. The number of fused-ring (bicyclic) bond motifs is 1. The van der Waals surface area contributed by atoms with Gasteiger partial charge in [0, 0.05) is 18.7 Å². The lowest BCUT2D eigenvalue weighted by atomic mass is 9.86. The van der Waals surface area contributed by atoms with Crippen LogP contribution in [0, 0.1) is 6.92 Å². The van der Waals surface area contributed by atoms with E-state index in [1.54, 1.807) is 6.92 Å². The molecule has 0 aromatic heterocycles. The number of benzene rings is 1. The van der Waals surface area contributed by atoms with E-state index in [9.17, 15) is 19.2 Å². The molecule has 0 atom stereocenters. The predicted molar refractivity (Wildman–Crippen MR) is 96.4 cm³/mol.